The van der Waals surface area contributed by atoms with Crippen molar-refractivity contribution >= 4 is 21.6 Å². The maximum absolute atomic E-state index is 12.9. The van der Waals surface area contributed by atoms with E-state index in [0.29, 0.717) is 26.2 Å². The lowest BCUT2D eigenvalue weighted by molar-refractivity contribution is -0.116. The second kappa shape index (κ2) is 5.64. The van der Waals surface area contributed by atoms with Crippen LogP contribution in [0.4, 0.5) is 5.69 Å². The van der Waals surface area contributed by atoms with Gasteiger partial charge in [0.1, 0.15) is 0 Å². The first-order valence-corrected chi connectivity index (χ1v) is 8.99. The summed E-state index contributed by atoms with van der Waals surface area (Å²) >= 11 is 0. The van der Waals surface area contributed by atoms with Gasteiger partial charge in [-0.2, -0.15) is 4.31 Å². The van der Waals surface area contributed by atoms with Gasteiger partial charge in [0, 0.05) is 44.8 Å². The molecule has 7 heteroatoms. The number of benzene rings is 1. The Bertz CT molecular complexity index is 702. The third-order valence-electron chi connectivity index (χ3n) is 4.38. The van der Waals surface area contributed by atoms with Gasteiger partial charge < -0.3 is 10.2 Å². The first kappa shape index (κ1) is 15.5. The monoisotopic (exact) mass is 323 g/mol. The molecule has 0 spiro atoms. The van der Waals surface area contributed by atoms with Crippen molar-refractivity contribution in [1.82, 2.24) is 9.62 Å². The maximum Gasteiger partial charge on any atom is 0.243 e. The minimum absolute atomic E-state index is 0.0520. The molecule has 0 aromatic heterocycles. The number of sulfonamides is 1. The van der Waals surface area contributed by atoms with Gasteiger partial charge in [0.15, 0.2) is 0 Å². The van der Waals surface area contributed by atoms with Crippen LogP contribution in [0.15, 0.2) is 23.1 Å². The van der Waals surface area contributed by atoms with Gasteiger partial charge in [0.25, 0.3) is 0 Å². The van der Waals surface area contributed by atoms with Crippen LogP contribution >= 0.6 is 0 Å². The van der Waals surface area contributed by atoms with Crippen LogP contribution in [-0.2, 0) is 21.2 Å². The Morgan fingerprint density at radius 1 is 1.32 bits per heavy atom. The molecule has 0 aliphatic carbocycles. The number of fused-ring (bicyclic) bond motifs is 1. The molecule has 0 saturated carbocycles. The minimum Gasteiger partial charge on any atom is -0.314 e. The van der Waals surface area contributed by atoms with Crippen LogP contribution in [0, 0.1) is 0 Å². The highest BCUT2D eigenvalue weighted by Gasteiger charge is 2.32. The third kappa shape index (κ3) is 2.53. The van der Waals surface area contributed by atoms with Gasteiger partial charge in [-0.1, -0.05) is 6.07 Å². The van der Waals surface area contributed by atoms with Crippen molar-refractivity contribution in [3.8, 4) is 0 Å². The smallest absolute Gasteiger partial charge is 0.243 e. The molecule has 120 valence electrons. The zero-order chi connectivity index (χ0) is 15.9. The van der Waals surface area contributed by atoms with E-state index in [-0.39, 0.29) is 16.8 Å². The summed E-state index contributed by atoms with van der Waals surface area (Å²) in [6.45, 7) is 5.82. The number of carbonyl (C=O) groups is 1. The van der Waals surface area contributed by atoms with E-state index in [0.717, 1.165) is 17.7 Å². The highest BCUT2D eigenvalue weighted by atomic mass is 32.2. The molecule has 1 aromatic rings. The molecule has 2 aliphatic heterocycles. The first-order valence-electron chi connectivity index (χ1n) is 7.55. The Morgan fingerprint density at radius 2 is 2.09 bits per heavy atom. The minimum atomic E-state index is -3.53. The van der Waals surface area contributed by atoms with Crippen LogP contribution in [0.5, 0.6) is 0 Å². The normalized spacial score (nSPS) is 22.6. The zero-order valence-electron chi connectivity index (χ0n) is 12.9. The van der Waals surface area contributed by atoms with E-state index in [1.54, 1.807) is 17.0 Å². The van der Waals surface area contributed by atoms with Crippen molar-refractivity contribution in [3.05, 3.63) is 23.8 Å². The highest BCUT2D eigenvalue weighted by Crippen LogP contribution is 2.32. The average Bonchev–Trinajstić information content (AvgIpc) is 2.90. The van der Waals surface area contributed by atoms with Crippen LogP contribution in [0.1, 0.15) is 19.4 Å². The van der Waals surface area contributed by atoms with E-state index in [2.05, 4.69) is 5.32 Å². The fraction of sp³-hybridized carbons (Fsp3) is 0.533. The lowest BCUT2D eigenvalue weighted by Crippen LogP contribution is -2.52. The topological polar surface area (TPSA) is 69.7 Å². The summed E-state index contributed by atoms with van der Waals surface area (Å²) < 4.78 is 27.3. The van der Waals surface area contributed by atoms with Crippen LogP contribution in [-0.4, -0.2) is 50.9 Å². The van der Waals surface area contributed by atoms with Crippen molar-refractivity contribution in [2.75, 3.05) is 31.1 Å². The third-order valence-corrected chi connectivity index (χ3v) is 6.39. The molecule has 0 unspecified atom stereocenters. The number of carbonyl (C=O) groups excluding carboxylic acids is 1. The summed E-state index contributed by atoms with van der Waals surface area (Å²) in [5.41, 5.74) is 1.76. The van der Waals surface area contributed by atoms with E-state index >= 15 is 0 Å². The van der Waals surface area contributed by atoms with E-state index in [1.165, 1.54) is 11.2 Å². The fourth-order valence-corrected chi connectivity index (χ4v) is 4.81. The van der Waals surface area contributed by atoms with Crippen molar-refractivity contribution < 1.29 is 13.2 Å². The molecule has 22 heavy (non-hydrogen) atoms. The number of piperazine rings is 1. The van der Waals surface area contributed by atoms with Gasteiger partial charge in [-0.15, -0.1) is 0 Å². The lowest BCUT2D eigenvalue weighted by atomic mass is 10.2. The second-order valence-electron chi connectivity index (χ2n) is 5.88. The van der Waals surface area contributed by atoms with Gasteiger partial charge in [-0.3, -0.25) is 4.79 Å². The Balaban J connectivity index is 1.98. The average molecular weight is 323 g/mol. The Labute approximate surface area is 131 Å². The van der Waals surface area contributed by atoms with E-state index in [9.17, 15) is 13.2 Å². The molecule has 2 aliphatic rings. The van der Waals surface area contributed by atoms with Crippen LogP contribution in [0.2, 0.25) is 0 Å². The summed E-state index contributed by atoms with van der Waals surface area (Å²) in [7, 11) is -3.53. The van der Waals surface area contributed by atoms with Gasteiger partial charge >= 0.3 is 0 Å². The largest absolute Gasteiger partial charge is 0.314 e. The molecule has 1 saturated heterocycles. The summed E-state index contributed by atoms with van der Waals surface area (Å²) in [6.07, 6.45) is 0.777. The predicted molar refractivity (Wildman–Crippen MR) is 84.4 cm³/mol. The Kier molecular flexibility index (Phi) is 3.96. The summed E-state index contributed by atoms with van der Waals surface area (Å²) in [5.74, 6) is -0.0520. The molecule has 1 fully saturated rings. The van der Waals surface area contributed by atoms with Crippen LogP contribution in [0.3, 0.4) is 0 Å². The quantitative estimate of drug-likeness (QED) is 0.864. The molecule has 2 heterocycles. The molecule has 1 N–H and O–H groups in total. The van der Waals surface area contributed by atoms with Crippen molar-refractivity contribution in [1.29, 1.82) is 0 Å². The molecule has 0 bridgehead atoms. The molecular weight excluding hydrogens is 302 g/mol. The molecular formula is C15H21N3O3S. The predicted octanol–water partition coefficient (Wildman–Crippen LogP) is 0.578. The van der Waals surface area contributed by atoms with E-state index < -0.39 is 10.0 Å². The molecule has 0 radical (unpaired) electrons. The standard InChI is InChI=1S/C15H21N3O3S/c1-11-10-16-6-8-18(11)22(20,21)14-4-3-13-5-7-17(12(2)19)15(13)9-14/h3-4,9,11,16H,5-8,10H2,1-2H3/t11-/m1/s1. The second-order valence-corrected chi connectivity index (χ2v) is 7.77. The number of nitrogens with one attached hydrogen (secondary N) is 1. The fourth-order valence-electron chi connectivity index (χ4n) is 3.16. The number of anilines is 1. The van der Waals surface area contributed by atoms with Crippen LogP contribution in [0.25, 0.3) is 0 Å². The van der Waals surface area contributed by atoms with E-state index in [1.807, 2.05) is 13.0 Å². The molecule has 6 nitrogen and oxygen atoms in total. The highest BCUT2D eigenvalue weighted by molar-refractivity contribution is 7.89. The summed E-state index contributed by atoms with van der Waals surface area (Å²) in [6, 6.07) is 5.06. The van der Waals surface area contributed by atoms with Crippen molar-refractivity contribution in [2.45, 2.75) is 31.2 Å². The van der Waals surface area contributed by atoms with Crippen molar-refractivity contribution in [2.24, 2.45) is 0 Å². The van der Waals surface area contributed by atoms with Crippen LogP contribution < -0.4 is 10.2 Å². The molecule has 1 atom stereocenters. The summed E-state index contributed by atoms with van der Waals surface area (Å²) in [5, 5.41) is 3.19. The Morgan fingerprint density at radius 3 is 2.77 bits per heavy atom. The number of amides is 1. The molecule has 1 aromatic carbocycles. The zero-order valence-corrected chi connectivity index (χ0v) is 13.7. The van der Waals surface area contributed by atoms with Crippen molar-refractivity contribution in [3.63, 3.8) is 0 Å². The number of rotatable bonds is 2. The van der Waals surface area contributed by atoms with Gasteiger partial charge in [-0.25, -0.2) is 8.42 Å². The lowest BCUT2D eigenvalue weighted by Gasteiger charge is -2.33. The Hall–Kier alpha value is -1.44. The number of hydrogen-bond acceptors (Lipinski definition) is 4. The molecule has 3 rings (SSSR count). The van der Waals surface area contributed by atoms with Gasteiger partial charge in [0.2, 0.25) is 15.9 Å². The first-order chi connectivity index (χ1) is 10.4. The van der Waals surface area contributed by atoms with Gasteiger partial charge in [0.05, 0.1) is 4.90 Å². The van der Waals surface area contributed by atoms with Gasteiger partial charge in [-0.05, 0) is 31.0 Å². The summed E-state index contributed by atoms with van der Waals surface area (Å²) in [4.78, 5) is 13.6. The van der Waals surface area contributed by atoms with E-state index in [4.69, 9.17) is 0 Å². The number of hydrogen-bond donors (Lipinski definition) is 1. The maximum atomic E-state index is 12.9. The SMILES string of the molecule is CC(=O)N1CCc2ccc(S(=O)(=O)N3CCNC[C@H]3C)cc21. The molecule has 1 amide bonds. The number of nitrogens with zero attached hydrogens (tertiary/aromatic N) is 2.